The third-order valence-corrected chi connectivity index (χ3v) is 11.1. The molecule has 4 nitrogen and oxygen atoms in total. The molecule has 0 amide bonds. The Kier molecular flexibility index (Phi) is 8.11. The maximum absolute atomic E-state index is 5.14. The first kappa shape index (κ1) is 33.5. The molecule has 0 unspecified atom stereocenters. The predicted octanol–water partition coefficient (Wildman–Crippen LogP) is 13.9. The van der Waals surface area contributed by atoms with Crippen molar-refractivity contribution < 1.29 is 0 Å². The van der Waals surface area contributed by atoms with Crippen LogP contribution in [0, 0.1) is 0 Å². The highest BCUT2D eigenvalue weighted by Crippen LogP contribution is 2.38. The average Bonchev–Trinajstić information content (AvgIpc) is 3.31. The third kappa shape index (κ3) is 6.14. The minimum Gasteiger partial charge on any atom is -0.248 e. The summed E-state index contributed by atoms with van der Waals surface area (Å²) in [6.07, 6.45) is 0. The van der Waals surface area contributed by atoms with Crippen LogP contribution in [0.2, 0.25) is 0 Å². The first-order valence-electron chi connectivity index (χ1n) is 19.5. The molecule has 0 saturated heterocycles. The zero-order chi connectivity index (χ0) is 38.4. The van der Waals surface area contributed by atoms with E-state index in [1.807, 2.05) is 6.07 Å². The van der Waals surface area contributed by atoms with Crippen molar-refractivity contribution >= 4 is 43.2 Å². The van der Waals surface area contributed by atoms with E-state index in [1.54, 1.807) is 0 Å². The van der Waals surface area contributed by atoms with Gasteiger partial charge in [-0.3, -0.25) is 0 Å². The van der Waals surface area contributed by atoms with Crippen LogP contribution in [0.5, 0.6) is 0 Å². The van der Waals surface area contributed by atoms with Crippen molar-refractivity contribution in [2.45, 2.75) is 0 Å². The number of fused-ring (bicyclic) bond motifs is 5. The summed E-state index contributed by atoms with van der Waals surface area (Å²) in [5.74, 6) is 1.92. The van der Waals surface area contributed by atoms with Gasteiger partial charge in [0.2, 0.25) is 0 Å². The number of aromatic nitrogens is 4. The van der Waals surface area contributed by atoms with Crippen LogP contribution in [0.15, 0.2) is 206 Å². The van der Waals surface area contributed by atoms with Gasteiger partial charge in [-0.05, 0) is 78.8 Å². The highest BCUT2D eigenvalue weighted by Gasteiger charge is 2.16. The molecule has 0 N–H and O–H groups in total. The maximum Gasteiger partial charge on any atom is 0.164 e. The molecular formula is C54H34N4. The van der Waals surface area contributed by atoms with E-state index < -0.39 is 0 Å². The maximum atomic E-state index is 5.14. The highest BCUT2D eigenvalue weighted by molar-refractivity contribution is 6.14. The second-order valence-corrected chi connectivity index (χ2v) is 14.7. The van der Waals surface area contributed by atoms with E-state index in [1.165, 1.54) is 32.5 Å². The molecule has 2 aromatic heterocycles. The molecule has 0 aliphatic heterocycles. The van der Waals surface area contributed by atoms with Crippen LogP contribution < -0.4 is 0 Å². The molecule has 0 aliphatic rings. The fourth-order valence-electron chi connectivity index (χ4n) is 8.07. The third-order valence-electron chi connectivity index (χ3n) is 11.1. The summed E-state index contributed by atoms with van der Waals surface area (Å²) < 4.78 is 0. The average molecular weight is 739 g/mol. The Labute approximate surface area is 335 Å². The fraction of sp³-hybridized carbons (Fsp3) is 0. The van der Waals surface area contributed by atoms with E-state index in [0.29, 0.717) is 17.5 Å². The lowest BCUT2D eigenvalue weighted by Crippen LogP contribution is -2.00. The predicted molar refractivity (Wildman–Crippen MR) is 240 cm³/mol. The molecule has 9 aromatic carbocycles. The van der Waals surface area contributed by atoms with Crippen LogP contribution in [0.1, 0.15) is 0 Å². The van der Waals surface area contributed by atoms with Crippen molar-refractivity contribution in [2.75, 3.05) is 0 Å². The van der Waals surface area contributed by atoms with Gasteiger partial charge >= 0.3 is 0 Å². The van der Waals surface area contributed by atoms with Gasteiger partial charge < -0.3 is 0 Å². The molecule has 0 fully saturated rings. The lowest BCUT2D eigenvalue weighted by molar-refractivity contribution is 1.08. The SMILES string of the molecule is c1ccc(-c2cc(-c3ccc(-c4ccc(-c5nc(-c6ccc7ccccc7c6)nc(-c6ccc7ccccc7c6)n5)cc4)cc3)c3c(ccc4ccccc43)n2)cc1. The quantitative estimate of drug-likeness (QED) is 0.159. The van der Waals surface area contributed by atoms with Gasteiger partial charge in [-0.2, -0.15) is 0 Å². The topological polar surface area (TPSA) is 51.6 Å². The molecular weight excluding hydrogens is 705 g/mol. The molecule has 0 saturated carbocycles. The molecule has 4 heteroatoms. The minimum absolute atomic E-state index is 0.634. The van der Waals surface area contributed by atoms with Gasteiger partial charge in [0, 0.05) is 27.6 Å². The Morgan fingerprint density at radius 3 is 1.31 bits per heavy atom. The van der Waals surface area contributed by atoms with E-state index in [-0.39, 0.29) is 0 Å². The molecule has 0 bridgehead atoms. The van der Waals surface area contributed by atoms with Gasteiger partial charge in [0.15, 0.2) is 17.5 Å². The van der Waals surface area contributed by atoms with Crippen molar-refractivity contribution in [1.82, 2.24) is 19.9 Å². The fourth-order valence-corrected chi connectivity index (χ4v) is 8.07. The van der Waals surface area contributed by atoms with E-state index in [0.717, 1.165) is 60.9 Å². The van der Waals surface area contributed by atoms with Gasteiger partial charge in [-0.1, -0.05) is 182 Å². The number of benzene rings is 9. The Balaban J connectivity index is 0.972. The normalized spacial score (nSPS) is 11.4. The van der Waals surface area contributed by atoms with Gasteiger partial charge in [0.05, 0.1) is 11.2 Å². The van der Waals surface area contributed by atoms with Crippen molar-refractivity contribution in [1.29, 1.82) is 0 Å². The van der Waals surface area contributed by atoms with Gasteiger partial charge in [0.1, 0.15) is 0 Å². The van der Waals surface area contributed by atoms with Crippen LogP contribution in [-0.4, -0.2) is 19.9 Å². The zero-order valence-corrected chi connectivity index (χ0v) is 31.4. The summed E-state index contributed by atoms with van der Waals surface area (Å²) in [6.45, 7) is 0. The minimum atomic E-state index is 0.634. The Bertz CT molecular complexity index is 3220. The lowest BCUT2D eigenvalue weighted by atomic mass is 9.93. The number of hydrogen-bond acceptors (Lipinski definition) is 4. The summed E-state index contributed by atoms with van der Waals surface area (Å²) in [7, 11) is 0. The second kappa shape index (κ2) is 14.0. The van der Waals surface area contributed by atoms with Gasteiger partial charge in [0.25, 0.3) is 0 Å². The van der Waals surface area contributed by atoms with Crippen LogP contribution in [-0.2, 0) is 0 Å². The molecule has 11 aromatic rings. The van der Waals surface area contributed by atoms with Crippen molar-refractivity contribution in [3.8, 4) is 67.7 Å². The summed E-state index contributed by atoms with van der Waals surface area (Å²) in [6, 6.07) is 72.5. The van der Waals surface area contributed by atoms with E-state index >= 15 is 0 Å². The number of rotatable bonds is 6. The van der Waals surface area contributed by atoms with Crippen LogP contribution in [0.4, 0.5) is 0 Å². The van der Waals surface area contributed by atoms with E-state index in [9.17, 15) is 0 Å². The summed E-state index contributed by atoms with van der Waals surface area (Å²) in [5, 5.41) is 8.22. The molecule has 270 valence electrons. The number of nitrogens with zero attached hydrogens (tertiary/aromatic N) is 4. The molecule has 0 spiro atoms. The molecule has 2 heterocycles. The molecule has 0 aliphatic carbocycles. The van der Waals surface area contributed by atoms with Crippen LogP contribution in [0.3, 0.4) is 0 Å². The molecule has 0 radical (unpaired) electrons. The Hall–Kier alpha value is -7.82. The van der Waals surface area contributed by atoms with E-state index in [2.05, 4.69) is 200 Å². The van der Waals surface area contributed by atoms with Crippen molar-refractivity contribution in [2.24, 2.45) is 0 Å². The second-order valence-electron chi connectivity index (χ2n) is 14.7. The summed E-state index contributed by atoms with van der Waals surface area (Å²) in [4.78, 5) is 20.3. The zero-order valence-electron chi connectivity index (χ0n) is 31.4. The number of pyridine rings is 1. The van der Waals surface area contributed by atoms with Gasteiger partial charge in [-0.25, -0.2) is 19.9 Å². The molecule has 11 rings (SSSR count). The smallest absolute Gasteiger partial charge is 0.164 e. The summed E-state index contributed by atoms with van der Waals surface area (Å²) >= 11 is 0. The largest absolute Gasteiger partial charge is 0.248 e. The molecule has 58 heavy (non-hydrogen) atoms. The Morgan fingerprint density at radius 1 is 0.259 bits per heavy atom. The lowest BCUT2D eigenvalue weighted by Gasteiger charge is -2.14. The first-order chi connectivity index (χ1) is 28.7. The Morgan fingerprint density at radius 2 is 0.707 bits per heavy atom. The summed E-state index contributed by atoms with van der Waals surface area (Å²) in [5.41, 5.74) is 10.4. The monoisotopic (exact) mass is 738 g/mol. The van der Waals surface area contributed by atoms with E-state index in [4.69, 9.17) is 19.9 Å². The number of hydrogen-bond donors (Lipinski definition) is 0. The van der Waals surface area contributed by atoms with Gasteiger partial charge in [-0.15, -0.1) is 0 Å². The van der Waals surface area contributed by atoms with Crippen molar-refractivity contribution in [3.63, 3.8) is 0 Å². The first-order valence-corrected chi connectivity index (χ1v) is 19.5. The highest BCUT2D eigenvalue weighted by atomic mass is 15.0. The van der Waals surface area contributed by atoms with Crippen LogP contribution >= 0.6 is 0 Å². The van der Waals surface area contributed by atoms with Crippen molar-refractivity contribution in [3.05, 3.63) is 206 Å². The molecule has 0 atom stereocenters. The standard InChI is InChI=1S/C54H34N4/c1-2-13-41(14-3-1)50-34-48(51-47-17-9-8-12-39(47)30-31-49(51)55-50)40-24-18-37(19-25-40)38-20-26-42(27-21-38)52-56-53(45-28-22-35-10-4-6-15-43(35)32-45)58-54(57-52)46-29-23-36-11-5-7-16-44(36)33-46/h1-34H. The van der Waals surface area contributed by atoms with Crippen LogP contribution in [0.25, 0.3) is 111 Å².